The molecule has 2 N–H and O–H groups in total. The number of carbonyl (C=O) groups excluding carboxylic acids is 1. The van der Waals surface area contributed by atoms with Crippen LogP contribution in [0.1, 0.15) is 44.6 Å². The standard InChI is InChI=1S/C27H35ClN2O5/c1-2-34-25(26(31)32)18-20-12-14-22(15-13-20)35-17-16-30(19-21-8-4-3-5-9-21)27(33)29-24-11-7-6-10-23(24)28/h6-7,10-15,21,25H,2-5,8-9,16-19H2,1H3,(H,29,33)(H,31,32). The molecule has 0 heterocycles. The Labute approximate surface area is 212 Å². The zero-order chi connectivity index (χ0) is 25.0. The molecule has 3 rings (SSSR count). The van der Waals surface area contributed by atoms with Gasteiger partial charge in [0.1, 0.15) is 12.4 Å². The molecule has 0 aromatic heterocycles. The van der Waals surface area contributed by atoms with Crippen molar-refractivity contribution in [2.45, 2.75) is 51.6 Å². The van der Waals surface area contributed by atoms with Crippen LogP contribution in [0.3, 0.4) is 0 Å². The maximum Gasteiger partial charge on any atom is 0.333 e. The first-order valence-corrected chi connectivity index (χ1v) is 12.7. The van der Waals surface area contributed by atoms with Gasteiger partial charge in [-0.15, -0.1) is 0 Å². The van der Waals surface area contributed by atoms with Crippen LogP contribution >= 0.6 is 11.6 Å². The van der Waals surface area contributed by atoms with Crippen LogP contribution in [0.2, 0.25) is 5.02 Å². The number of hydrogen-bond donors (Lipinski definition) is 2. The molecule has 0 aliphatic heterocycles. The van der Waals surface area contributed by atoms with E-state index in [1.54, 1.807) is 19.1 Å². The van der Waals surface area contributed by atoms with Gasteiger partial charge in [-0.2, -0.15) is 0 Å². The normalized spacial score (nSPS) is 14.8. The van der Waals surface area contributed by atoms with Crippen molar-refractivity contribution in [3.05, 3.63) is 59.1 Å². The molecule has 1 aliphatic carbocycles. The number of rotatable bonds is 12. The lowest BCUT2D eigenvalue weighted by atomic mass is 9.89. The highest BCUT2D eigenvalue weighted by Crippen LogP contribution is 2.26. The van der Waals surface area contributed by atoms with Crippen molar-refractivity contribution in [2.24, 2.45) is 5.92 Å². The molecule has 2 aromatic carbocycles. The SMILES string of the molecule is CCOC(Cc1ccc(OCCN(CC2CCCCC2)C(=O)Nc2ccccc2Cl)cc1)C(=O)O. The minimum Gasteiger partial charge on any atom is -0.492 e. The van der Waals surface area contributed by atoms with Crippen LogP contribution in [0.5, 0.6) is 5.75 Å². The molecule has 7 nitrogen and oxygen atoms in total. The van der Waals surface area contributed by atoms with Gasteiger partial charge in [-0.25, -0.2) is 9.59 Å². The molecule has 1 atom stereocenters. The fourth-order valence-corrected chi connectivity index (χ4v) is 4.53. The van der Waals surface area contributed by atoms with Crippen LogP contribution in [0.15, 0.2) is 48.5 Å². The van der Waals surface area contributed by atoms with E-state index in [4.69, 9.17) is 21.1 Å². The fraction of sp³-hybridized carbons (Fsp3) is 0.481. The molecule has 0 saturated heterocycles. The van der Waals surface area contributed by atoms with Gasteiger partial charge in [-0.3, -0.25) is 0 Å². The first-order chi connectivity index (χ1) is 17.0. The van der Waals surface area contributed by atoms with Crippen LogP contribution in [0, 0.1) is 5.92 Å². The lowest BCUT2D eigenvalue weighted by Crippen LogP contribution is -2.41. The van der Waals surface area contributed by atoms with Gasteiger partial charge in [-0.1, -0.05) is 55.1 Å². The van der Waals surface area contributed by atoms with Gasteiger partial charge in [-0.05, 0) is 55.5 Å². The van der Waals surface area contributed by atoms with Crippen molar-refractivity contribution in [3.63, 3.8) is 0 Å². The molecule has 8 heteroatoms. The average Bonchev–Trinajstić information content (AvgIpc) is 2.86. The monoisotopic (exact) mass is 502 g/mol. The number of carboxylic acid groups (broad SMARTS) is 1. The molecule has 1 fully saturated rings. The molecule has 0 spiro atoms. The Hall–Kier alpha value is -2.77. The van der Waals surface area contributed by atoms with Crippen molar-refractivity contribution in [2.75, 3.05) is 31.6 Å². The summed E-state index contributed by atoms with van der Waals surface area (Å²) in [7, 11) is 0. The summed E-state index contributed by atoms with van der Waals surface area (Å²) in [6, 6.07) is 14.3. The summed E-state index contributed by atoms with van der Waals surface area (Å²) < 4.78 is 11.2. The van der Waals surface area contributed by atoms with E-state index in [2.05, 4.69) is 5.32 Å². The number of benzene rings is 2. The Balaban J connectivity index is 1.56. The van der Waals surface area contributed by atoms with E-state index in [-0.39, 0.29) is 6.03 Å². The predicted molar refractivity (Wildman–Crippen MR) is 137 cm³/mol. The Morgan fingerprint density at radius 1 is 1.11 bits per heavy atom. The number of aliphatic carboxylic acids is 1. The molecule has 1 aliphatic rings. The Bertz CT molecular complexity index is 947. The topological polar surface area (TPSA) is 88.1 Å². The minimum atomic E-state index is -0.972. The van der Waals surface area contributed by atoms with Crippen LogP contribution in [-0.2, 0) is 16.0 Å². The summed E-state index contributed by atoms with van der Waals surface area (Å²) in [4.78, 5) is 26.2. The number of amides is 2. The maximum absolute atomic E-state index is 13.1. The van der Waals surface area contributed by atoms with Gasteiger partial charge in [0, 0.05) is 19.6 Å². The van der Waals surface area contributed by atoms with Gasteiger partial charge < -0.3 is 24.8 Å². The molecule has 0 radical (unpaired) electrons. The van der Waals surface area contributed by atoms with Crippen molar-refractivity contribution in [3.8, 4) is 5.75 Å². The number of ether oxygens (including phenoxy) is 2. The number of carbonyl (C=O) groups is 2. The zero-order valence-corrected chi connectivity index (χ0v) is 21.0. The number of anilines is 1. The van der Waals surface area contributed by atoms with E-state index in [1.165, 1.54) is 19.3 Å². The summed E-state index contributed by atoms with van der Waals surface area (Å²) >= 11 is 6.23. The number of halogens is 1. The van der Waals surface area contributed by atoms with E-state index in [9.17, 15) is 14.7 Å². The van der Waals surface area contributed by atoms with Crippen LogP contribution in [0.25, 0.3) is 0 Å². The highest BCUT2D eigenvalue weighted by atomic mass is 35.5. The lowest BCUT2D eigenvalue weighted by Gasteiger charge is -2.30. The summed E-state index contributed by atoms with van der Waals surface area (Å²) in [5.41, 5.74) is 1.45. The van der Waals surface area contributed by atoms with Crippen molar-refractivity contribution < 1.29 is 24.2 Å². The van der Waals surface area contributed by atoms with E-state index in [1.807, 2.05) is 41.3 Å². The van der Waals surface area contributed by atoms with Gasteiger partial charge in [0.05, 0.1) is 17.3 Å². The highest BCUT2D eigenvalue weighted by molar-refractivity contribution is 6.33. The number of nitrogens with one attached hydrogen (secondary N) is 1. The summed E-state index contributed by atoms with van der Waals surface area (Å²) in [5.74, 6) is 0.189. The molecule has 1 saturated carbocycles. The van der Waals surface area contributed by atoms with E-state index in [0.29, 0.717) is 55.1 Å². The first-order valence-electron chi connectivity index (χ1n) is 12.3. The van der Waals surface area contributed by atoms with Gasteiger partial charge >= 0.3 is 12.0 Å². The number of hydrogen-bond acceptors (Lipinski definition) is 4. The Kier molecular flexibility index (Phi) is 10.7. The second-order valence-electron chi connectivity index (χ2n) is 8.84. The summed E-state index contributed by atoms with van der Waals surface area (Å²) in [6.07, 6.45) is 5.38. The third kappa shape index (κ3) is 8.75. The third-order valence-corrected chi connectivity index (χ3v) is 6.55. The Morgan fingerprint density at radius 2 is 1.83 bits per heavy atom. The van der Waals surface area contributed by atoms with E-state index >= 15 is 0 Å². The lowest BCUT2D eigenvalue weighted by molar-refractivity contribution is -0.149. The largest absolute Gasteiger partial charge is 0.492 e. The number of nitrogens with zero attached hydrogens (tertiary/aromatic N) is 1. The van der Waals surface area contributed by atoms with Crippen molar-refractivity contribution in [1.29, 1.82) is 0 Å². The van der Waals surface area contributed by atoms with Gasteiger partial charge in [0.25, 0.3) is 0 Å². The molecular weight excluding hydrogens is 468 g/mol. The number of urea groups is 1. The quantitative estimate of drug-likeness (QED) is 0.379. The van der Waals surface area contributed by atoms with Crippen LogP contribution in [0.4, 0.5) is 10.5 Å². The second-order valence-corrected chi connectivity index (χ2v) is 9.25. The van der Waals surface area contributed by atoms with Crippen molar-refractivity contribution >= 4 is 29.3 Å². The minimum absolute atomic E-state index is 0.182. The first kappa shape index (κ1) is 26.8. The summed E-state index contributed by atoms with van der Waals surface area (Å²) in [5, 5.41) is 12.7. The zero-order valence-electron chi connectivity index (χ0n) is 20.2. The smallest absolute Gasteiger partial charge is 0.333 e. The average molecular weight is 503 g/mol. The van der Waals surface area contributed by atoms with Crippen LogP contribution in [-0.4, -0.2) is 54.4 Å². The number of carboxylic acids is 1. The fourth-order valence-electron chi connectivity index (χ4n) is 4.34. The van der Waals surface area contributed by atoms with Crippen LogP contribution < -0.4 is 10.1 Å². The molecule has 0 bridgehead atoms. The molecule has 2 amide bonds. The number of para-hydroxylation sites is 1. The molecule has 1 unspecified atom stereocenters. The summed E-state index contributed by atoms with van der Waals surface area (Å²) in [6.45, 7) is 3.60. The molecule has 190 valence electrons. The third-order valence-electron chi connectivity index (χ3n) is 6.22. The second kappa shape index (κ2) is 14.0. The van der Waals surface area contributed by atoms with E-state index in [0.717, 1.165) is 18.4 Å². The predicted octanol–water partition coefficient (Wildman–Crippen LogP) is 5.87. The Morgan fingerprint density at radius 3 is 2.49 bits per heavy atom. The van der Waals surface area contributed by atoms with E-state index < -0.39 is 12.1 Å². The van der Waals surface area contributed by atoms with Crippen molar-refractivity contribution in [1.82, 2.24) is 4.90 Å². The highest BCUT2D eigenvalue weighted by Gasteiger charge is 2.22. The van der Waals surface area contributed by atoms with Gasteiger partial charge in [0.2, 0.25) is 0 Å². The molecule has 35 heavy (non-hydrogen) atoms. The maximum atomic E-state index is 13.1. The molecular formula is C27H35ClN2O5. The van der Waals surface area contributed by atoms with Gasteiger partial charge in [0.15, 0.2) is 6.10 Å². The molecule has 2 aromatic rings.